The predicted molar refractivity (Wildman–Crippen MR) is 103 cm³/mol. The number of β-lactam (4-membered cyclic amide) rings is 1. The number of nitrogens with one attached hydrogen (secondary N) is 1. The Kier molecular flexibility index (Phi) is 13.0. The Morgan fingerprint density at radius 3 is 1.92 bits per heavy atom. The van der Waals surface area contributed by atoms with Crippen LogP contribution in [0.1, 0.15) is 99.3 Å². The number of rotatable bonds is 11. The first kappa shape index (κ1) is 23.1. The summed E-state index contributed by atoms with van der Waals surface area (Å²) in [5.41, 5.74) is 0. The molecule has 1 amide bonds. The van der Waals surface area contributed by atoms with Gasteiger partial charge in [0.25, 0.3) is 0 Å². The van der Waals surface area contributed by atoms with Crippen molar-refractivity contribution in [2.24, 2.45) is 17.8 Å². The third-order valence-corrected chi connectivity index (χ3v) is 5.22. The highest BCUT2D eigenvalue weighted by Gasteiger charge is 2.36. The summed E-state index contributed by atoms with van der Waals surface area (Å²) in [4.78, 5) is 22.4. The first-order valence-corrected chi connectivity index (χ1v) is 10.3. The molecular formula is C21H41NO2. The fourth-order valence-corrected chi connectivity index (χ4v) is 3.85. The summed E-state index contributed by atoms with van der Waals surface area (Å²) in [6, 6.07) is 0.493. The molecular weight excluding hydrogens is 298 g/mol. The van der Waals surface area contributed by atoms with Crippen LogP contribution in [0.2, 0.25) is 0 Å². The van der Waals surface area contributed by atoms with E-state index in [1.807, 2.05) is 0 Å². The van der Waals surface area contributed by atoms with Gasteiger partial charge in [0.15, 0.2) is 0 Å². The van der Waals surface area contributed by atoms with E-state index in [0.29, 0.717) is 29.6 Å². The molecule has 1 N–H and O–H groups in total. The van der Waals surface area contributed by atoms with Gasteiger partial charge < -0.3 is 5.32 Å². The van der Waals surface area contributed by atoms with Crippen LogP contribution < -0.4 is 5.32 Å². The molecule has 0 aromatic rings. The van der Waals surface area contributed by atoms with Crippen molar-refractivity contribution in [1.82, 2.24) is 5.32 Å². The van der Waals surface area contributed by atoms with Gasteiger partial charge in [0.1, 0.15) is 5.78 Å². The highest BCUT2D eigenvalue weighted by Crippen LogP contribution is 2.26. The van der Waals surface area contributed by atoms with Crippen molar-refractivity contribution in [3.05, 3.63) is 0 Å². The van der Waals surface area contributed by atoms with Gasteiger partial charge in [0.05, 0.1) is 5.92 Å². The summed E-state index contributed by atoms with van der Waals surface area (Å²) in [5.74, 6) is 1.95. The first-order chi connectivity index (χ1) is 11.5. The Balaban J connectivity index is 0.000000446. The molecule has 1 saturated heterocycles. The second-order valence-electron chi connectivity index (χ2n) is 7.26. The standard InChI is InChI=1S/C12H24O.C9H17NO/c1-5-8-11(7-3)12(9-6-2)10(4)13;1-3-5-7-8(6-4-2)10-9(7)11/h11-12H,5-9H2,1-4H3;7-8H,3-6H2,1-2H3,(H,10,11)/t11?,12-;7-,8?/m10/s1. The number of hydrogen-bond acceptors (Lipinski definition) is 2. The van der Waals surface area contributed by atoms with Crippen LogP contribution in [0, 0.1) is 17.8 Å². The number of amides is 1. The Morgan fingerprint density at radius 1 is 0.958 bits per heavy atom. The molecule has 2 unspecified atom stereocenters. The van der Waals surface area contributed by atoms with Gasteiger partial charge in [-0.2, -0.15) is 0 Å². The van der Waals surface area contributed by atoms with Crippen LogP contribution in [0.25, 0.3) is 0 Å². The molecule has 1 fully saturated rings. The predicted octanol–water partition coefficient (Wildman–Crippen LogP) is 5.52. The van der Waals surface area contributed by atoms with Gasteiger partial charge in [0.2, 0.25) is 5.91 Å². The van der Waals surface area contributed by atoms with E-state index in [2.05, 4.69) is 39.9 Å². The van der Waals surface area contributed by atoms with Gasteiger partial charge in [-0.15, -0.1) is 0 Å². The summed E-state index contributed by atoms with van der Waals surface area (Å²) in [7, 11) is 0. The Hall–Kier alpha value is -0.860. The number of hydrogen-bond donors (Lipinski definition) is 1. The van der Waals surface area contributed by atoms with Gasteiger partial charge in [-0.3, -0.25) is 9.59 Å². The molecule has 0 radical (unpaired) electrons. The van der Waals surface area contributed by atoms with Crippen molar-refractivity contribution in [3.63, 3.8) is 0 Å². The summed E-state index contributed by atoms with van der Waals surface area (Å²) in [6.45, 7) is 12.6. The Morgan fingerprint density at radius 2 is 1.54 bits per heavy atom. The van der Waals surface area contributed by atoms with E-state index in [1.165, 1.54) is 19.3 Å². The molecule has 142 valence electrons. The molecule has 4 atom stereocenters. The minimum Gasteiger partial charge on any atom is -0.352 e. The molecule has 0 bridgehead atoms. The summed E-state index contributed by atoms with van der Waals surface area (Å²) >= 11 is 0. The van der Waals surface area contributed by atoms with Crippen molar-refractivity contribution in [2.45, 2.75) is 105 Å². The third kappa shape index (κ3) is 7.81. The quantitative estimate of drug-likeness (QED) is 0.504. The van der Waals surface area contributed by atoms with Crippen LogP contribution in [-0.4, -0.2) is 17.7 Å². The maximum Gasteiger partial charge on any atom is 0.225 e. The van der Waals surface area contributed by atoms with Crippen molar-refractivity contribution < 1.29 is 9.59 Å². The van der Waals surface area contributed by atoms with Crippen LogP contribution in [0.3, 0.4) is 0 Å². The fraction of sp³-hybridized carbons (Fsp3) is 0.905. The molecule has 0 aliphatic carbocycles. The van der Waals surface area contributed by atoms with Gasteiger partial charge in [-0.1, -0.05) is 73.1 Å². The molecule has 0 spiro atoms. The third-order valence-electron chi connectivity index (χ3n) is 5.22. The fourth-order valence-electron chi connectivity index (χ4n) is 3.85. The molecule has 0 aromatic heterocycles. The average Bonchev–Trinajstić information content (AvgIpc) is 2.56. The summed E-state index contributed by atoms with van der Waals surface area (Å²) in [5, 5.41) is 2.94. The SMILES string of the molecule is CCCC(CC)[C@H](CCC)C(C)=O.CCCC1NC(=O)[C@H]1CCC. The molecule has 1 heterocycles. The van der Waals surface area contributed by atoms with Gasteiger partial charge in [0, 0.05) is 12.0 Å². The van der Waals surface area contributed by atoms with Crippen LogP contribution in [-0.2, 0) is 9.59 Å². The van der Waals surface area contributed by atoms with E-state index >= 15 is 0 Å². The highest BCUT2D eigenvalue weighted by atomic mass is 16.2. The van der Waals surface area contributed by atoms with Gasteiger partial charge >= 0.3 is 0 Å². The zero-order chi connectivity index (χ0) is 18.5. The van der Waals surface area contributed by atoms with Gasteiger partial charge in [-0.05, 0) is 32.1 Å². The summed E-state index contributed by atoms with van der Waals surface area (Å²) in [6.07, 6.45) is 10.3. The van der Waals surface area contributed by atoms with Crippen molar-refractivity contribution in [1.29, 1.82) is 0 Å². The normalized spacial score (nSPS) is 21.8. The van der Waals surface area contributed by atoms with E-state index < -0.39 is 0 Å². The van der Waals surface area contributed by atoms with Crippen LogP contribution in [0.4, 0.5) is 0 Å². The van der Waals surface area contributed by atoms with Crippen LogP contribution in [0.5, 0.6) is 0 Å². The molecule has 0 aromatic carbocycles. The number of carbonyl (C=O) groups excluding carboxylic acids is 2. The van der Waals surface area contributed by atoms with E-state index in [0.717, 1.165) is 38.5 Å². The lowest BCUT2D eigenvalue weighted by atomic mass is 9.81. The van der Waals surface area contributed by atoms with Crippen LogP contribution in [0.15, 0.2) is 0 Å². The average molecular weight is 340 g/mol. The zero-order valence-corrected chi connectivity index (χ0v) is 17.0. The second kappa shape index (κ2) is 13.4. The summed E-state index contributed by atoms with van der Waals surface area (Å²) < 4.78 is 0. The molecule has 3 heteroatoms. The minimum atomic E-state index is 0.269. The van der Waals surface area contributed by atoms with Gasteiger partial charge in [-0.25, -0.2) is 0 Å². The maximum absolute atomic E-state index is 11.4. The highest BCUT2D eigenvalue weighted by molar-refractivity contribution is 5.85. The first-order valence-electron chi connectivity index (χ1n) is 10.3. The lowest BCUT2D eigenvalue weighted by Crippen LogP contribution is -2.57. The van der Waals surface area contributed by atoms with Crippen molar-refractivity contribution in [2.75, 3.05) is 0 Å². The molecule has 1 aliphatic rings. The van der Waals surface area contributed by atoms with Crippen molar-refractivity contribution >= 4 is 11.7 Å². The maximum atomic E-state index is 11.4. The second-order valence-corrected chi connectivity index (χ2v) is 7.26. The van der Waals surface area contributed by atoms with E-state index in [9.17, 15) is 9.59 Å². The Bertz CT molecular complexity index is 354. The van der Waals surface area contributed by atoms with E-state index in [-0.39, 0.29) is 5.91 Å². The smallest absolute Gasteiger partial charge is 0.225 e. The lowest BCUT2D eigenvalue weighted by molar-refractivity contribution is -0.135. The number of Topliss-reactive ketones (excluding diaryl/α,β-unsaturated/α-hetero) is 1. The zero-order valence-electron chi connectivity index (χ0n) is 17.0. The molecule has 1 aliphatic heterocycles. The molecule has 24 heavy (non-hydrogen) atoms. The lowest BCUT2D eigenvalue weighted by Gasteiger charge is -2.36. The molecule has 0 saturated carbocycles. The topological polar surface area (TPSA) is 46.2 Å². The monoisotopic (exact) mass is 339 g/mol. The Labute approximate surface area is 150 Å². The molecule has 3 nitrogen and oxygen atoms in total. The number of carbonyl (C=O) groups is 2. The number of ketones is 1. The van der Waals surface area contributed by atoms with E-state index in [1.54, 1.807) is 6.92 Å². The minimum absolute atomic E-state index is 0.269. The largest absolute Gasteiger partial charge is 0.352 e. The van der Waals surface area contributed by atoms with Crippen LogP contribution >= 0.6 is 0 Å². The van der Waals surface area contributed by atoms with E-state index in [4.69, 9.17) is 0 Å². The van der Waals surface area contributed by atoms with Crippen molar-refractivity contribution in [3.8, 4) is 0 Å². The molecule has 1 rings (SSSR count).